The summed E-state index contributed by atoms with van der Waals surface area (Å²) in [7, 11) is 1.76. The number of thioether (sulfide) groups is 1. The van der Waals surface area contributed by atoms with Crippen LogP contribution in [-0.2, 0) is 10.5 Å². The summed E-state index contributed by atoms with van der Waals surface area (Å²) in [5.41, 5.74) is 4.34. The molecule has 0 aliphatic heterocycles. The van der Waals surface area contributed by atoms with Gasteiger partial charge in [0.15, 0.2) is 0 Å². The number of thiazole rings is 1. The molecule has 3 N–H and O–H groups in total. The molecule has 0 aliphatic carbocycles. The van der Waals surface area contributed by atoms with Crippen LogP contribution < -0.4 is 11.1 Å². The van der Waals surface area contributed by atoms with Gasteiger partial charge in [0.05, 0.1) is 6.61 Å². The molecular weight excluding hydrogens is 310 g/mol. The molecule has 0 aliphatic rings. The van der Waals surface area contributed by atoms with Crippen molar-refractivity contribution < 1.29 is 9.53 Å². The van der Waals surface area contributed by atoms with Gasteiger partial charge in [0, 0.05) is 30.1 Å². The molecule has 0 unspecified atom stereocenters. The Labute approximate surface area is 125 Å². The van der Waals surface area contributed by atoms with E-state index in [0.717, 1.165) is 16.5 Å². The molecule has 1 amide bonds. The van der Waals surface area contributed by atoms with E-state index in [-0.39, 0.29) is 0 Å². The first-order valence-corrected chi connectivity index (χ1v) is 7.74. The van der Waals surface area contributed by atoms with E-state index in [4.69, 9.17) is 21.7 Å². The maximum absolute atomic E-state index is 9.09. The van der Waals surface area contributed by atoms with E-state index in [1.807, 2.05) is 11.6 Å². The van der Waals surface area contributed by atoms with Crippen molar-refractivity contribution in [2.45, 2.75) is 5.75 Å². The highest BCUT2D eigenvalue weighted by molar-refractivity contribution is 7.98. The van der Waals surface area contributed by atoms with Gasteiger partial charge in [-0.05, 0) is 12.2 Å². The number of hydrogen-bond acceptors (Lipinski definition) is 6. The third-order valence-electron chi connectivity index (χ3n) is 1.37. The molecule has 18 heavy (non-hydrogen) atoms. The largest absolute Gasteiger partial charge is 0.470 e. The van der Waals surface area contributed by atoms with E-state index in [9.17, 15) is 0 Å². The van der Waals surface area contributed by atoms with Crippen molar-refractivity contribution in [1.29, 1.82) is 0 Å². The maximum atomic E-state index is 9.09. The van der Waals surface area contributed by atoms with Gasteiger partial charge in [-0.1, -0.05) is 12.6 Å². The molecule has 9 heteroatoms. The second-order valence-electron chi connectivity index (χ2n) is 2.70. The van der Waals surface area contributed by atoms with Gasteiger partial charge in [0.1, 0.15) is 5.01 Å². The average Bonchev–Trinajstić information content (AvgIpc) is 2.80. The molecule has 0 saturated carbocycles. The molecule has 0 fully saturated rings. The summed E-state index contributed by atoms with van der Waals surface area (Å²) in [5.74, 6) is 1.88. The number of thiocarbonyl (C=S) groups is 1. The molecule has 0 saturated heterocycles. The Morgan fingerprint density at radius 2 is 2.44 bits per heavy atom. The zero-order valence-electron chi connectivity index (χ0n) is 9.79. The number of amides is 1. The van der Waals surface area contributed by atoms with Crippen LogP contribution in [0.1, 0.15) is 5.01 Å². The fourth-order valence-electron chi connectivity index (χ4n) is 0.749. The molecule has 0 aromatic carbocycles. The Morgan fingerprint density at radius 3 is 2.94 bits per heavy atom. The summed E-state index contributed by atoms with van der Waals surface area (Å²) in [4.78, 5) is 13.3. The van der Waals surface area contributed by atoms with Crippen LogP contribution in [0.15, 0.2) is 11.6 Å². The SMILES string of the molecule is CNC(=S)OCCSCc1nccs1.NC(=O)S. The number of carbonyl (C=O) groups excluding carboxylic acids is 1. The van der Waals surface area contributed by atoms with Gasteiger partial charge in [-0.3, -0.25) is 4.79 Å². The van der Waals surface area contributed by atoms with Crippen molar-refractivity contribution in [2.24, 2.45) is 5.73 Å². The molecule has 1 aromatic rings. The summed E-state index contributed by atoms with van der Waals surface area (Å²) >= 11 is 11.4. The lowest BCUT2D eigenvalue weighted by molar-refractivity contribution is 0.267. The lowest BCUT2D eigenvalue weighted by Crippen LogP contribution is -2.19. The molecule has 1 heterocycles. The predicted molar refractivity (Wildman–Crippen MR) is 84.5 cm³/mol. The number of hydrogen-bond donors (Lipinski definition) is 3. The number of rotatable bonds is 5. The molecular formula is C9H15N3O2S4. The van der Waals surface area contributed by atoms with Gasteiger partial charge in [-0.2, -0.15) is 11.8 Å². The zero-order valence-corrected chi connectivity index (χ0v) is 13.1. The van der Waals surface area contributed by atoms with Crippen LogP contribution in [0.4, 0.5) is 4.79 Å². The molecule has 0 bridgehead atoms. The third-order valence-corrected chi connectivity index (χ3v) is 3.59. The molecule has 1 aromatic heterocycles. The van der Waals surface area contributed by atoms with E-state index < -0.39 is 5.24 Å². The molecule has 0 radical (unpaired) electrons. The highest BCUT2D eigenvalue weighted by Gasteiger charge is 1.96. The second kappa shape index (κ2) is 11.6. The maximum Gasteiger partial charge on any atom is 0.273 e. The first-order valence-electron chi connectivity index (χ1n) is 4.85. The van der Waals surface area contributed by atoms with Crippen LogP contribution in [0.3, 0.4) is 0 Å². The number of nitrogens with two attached hydrogens (primary N) is 1. The van der Waals surface area contributed by atoms with E-state index in [0.29, 0.717) is 11.8 Å². The fraction of sp³-hybridized carbons (Fsp3) is 0.444. The van der Waals surface area contributed by atoms with Crippen molar-refractivity contribution in [3.63, 3.8) is 0 Å². The number of aromatic nitrogens is 1. The van der Waals surface area contributed by atoms with Crippen LogP contribution in [0, 0.1) is 0 Å². The Hall–Kier alpha value is -0.510. The van der Waals surface area contributed by atoms with Gasteiger partial charge in [0.2, 0.25) is 0 Å². The summed E-state index contributed by atoms with van der Waals surface area (Å²) in [6, 6.07) is 0. The number of carbonyl (C=O) groups is 1. The Balaban J connectivity index is 0.000000631. The van der Waals surface area contributed by atoms with Gasteiger partial charge in [-0.15, -0.1) is 11.3 Å². The monoisotopic (exact) mass is 325 g/mol. The Morgan fingerprint density at radius 1 is 1.78 bits per heavy atom. The Bertz CT molecular complexity index is 342. The molecule has 0 atom stereocenters. The van der Waals surface area contributed by atoms with E-state index >= 15 is 0 Å². The minimum atomic E-state index is -0.639. The average molecular weight is 326 g/mol. The van der Waals surface area contributed by atoms with Crippen molar-refractivity contribution in [3.8, 4) is 0 Å². The van der Waals surface area contributed by atoms with Crippen LogP contribution in [0.2, 0.25) is 0 Å². The number of ether oxygens (including phenoxy) is 1. The van der Waals surface area contributed by atoms with Crippen molar-refractivity contribution in [3.05, 3.63) is 16.6 Å². The highest BCUT2D eigenvalue weighted by atomic mass is 32.2. The minimum Gasteiger partial charge on any atom is -0.470 e. The number of primary amides is 1. The summed E-state index contributed by atoms with van der Waals surface area (Å²) in [6.07, 6.45) is 1.83. The standard InChI is InChI=1S/C8H12N2OS3.CH3NOS/c1-9-8(12)11-3-5-13-6-7-10-2-4-14-7;2-1(3)4/h2,4H,3,5-6H2,1H3,(H,9,12);(H3,2,3,4). The minimum absolute atomic E-state index is 0.458. The van der Waals surface area contributed by atoms with Crippen LogP contribution in [0.5, 0.6) is 0 Å². The van der Waals surface area contributed by atoms with Crippen LogP contribution in [0.25, 0.3) is 0 Å². The van der Waals surface area contributed by atoms with Gasteiger partial charge in [0.25, 0.3) is 10.4 Å². The zero-order chi connectivity index (χ0) is 13.8. The van der Waals surface area contributed by atoms with Crippen molar-refractivity contribution >= 4 is 58.4 Å². The third kappa shape index (κ3) is 12.0. The quantitative estimate of drug-likeness (QED) is 0.436. The van der Waals surface area contributed by atoms with Crippen LogP contribution >= 0.6 is 47.9 Å². The van der Waals surface area contributed by atoms with E-state index in [1.165, 1.54) is 0 Å². The number of thiol groups is 1. The number of nitrogens with one attached hydrogen (secondary N) is 1. The second-order valence-corrected chi connectivity index (χ2v) is 5.60. The highest BCUT2D eigenvalue weighted by Crippen LogP contribution is 2.13. The number of nitrogens with zero attached hydrogens (tertiary/aromatic N) is 1. The van der Waals surface area contributed by atoms with Gasteiger partial charge >= 0.3 is 0 Å². The predicted octanol–water partition coefficient (Wildman–Crippen LogP) is 1.89. The fourth-order valence-corrected chi connectivity index (χ4v) is 2.35. The van der Waals surface area contributed by atoms with Gasteiger partial charge < -0.3 is 15.8 Å². The Kier molecular flexibility index (Phi) is 11.2. The van der Waals surface area contributed by atoms with E-state index in [1.54, 1.807) is 30.1 Å². The molecule has 0 spiro atoms. The summed E-state index contributed by atoms with van der Waals surface area (Å²) in [5, 5.41) is 5.73. The normalized spacial score (nSPS) is 9.00. The van der Waals surface area contributed by atoms with Crippen molar-refractivity contribution in [2.75, 3.05) is 19.4 Å². The topological polar surface area (TPSA) is 77.2 Å². The molecule has 5 nitrogen and oxygen atoms in total. The van der Waals surface area contributed by atoms with Gasteiger partial charge in [-0.25, -0.2) is 4.98 Å². The first kappa shape index (κ1) is 17.5. The molecule has 102 valence electrons. The smallest absolute Gasteiger partial charge is 0.273 e. The lowest BCUT2D eigenvalue weighted by Gasteiger charge is -2.04. The first-order chi connectivity index (χ1) is 8.56. The van der Waals surface area contributed by atoms with E-state index in [2.05, 4.69) is 28.7 Å². The van der Waals surface area contributed by atoms with Crippen LogP contribution in [-0.4, -0.2) is 34.8 Å². The lowest BCUT2D eigenvalue weighted by atomic mass is 10.8. The van der Waals surface area contributed by atoms with Crippen molar-refractivity contribution in [1.82, 2.24) is 10.3 Å². The summed E-state index contributed by atoms with van der Waals surface area (Å²) in [6.45, 7) is 0.649. The summed E-state index contributed by atoms with van der Waals surface area (Å²) < 4.78 is 5.19. The molecule has 1 rings (SSSR count).